The minimum Gasteiger partial charge on any atom is -0.368 e. The summed E-state index contributed by atoms with van der Waals surface area (Å²) in [6, 6.07) is 1.85. The van der Waals surface area contributed by atoms with E-state index in [9.17, 15) is 4.79 Å². The van der Waals surface area contributed by atoms with Gasteiger partial charge in [0.15, 0.2) is 5.82 Å². The van der Waals surface area contributed by atoms with Crippen LogP contribution in [-0.4, -0.2) is 38.3 Å². The maximum absolute atomic E-state index is 12.6. The van der Waals surface area contributed by atoms with E-state index in [0.717, 1.165) is 29.9 Å². The van der Waals surface area contributed by atoms with Crippen molar-refractivity contribution in [2.45, 2.75) is 45.9 Å². The maximum Gasteiger partial charge on any atom is 0.253 e. The van der Waals surface area contributed by atoms with Crippen molar-refractivity contribution < 1.29 is 9.53 Å². The molecule has 7 heteroatoms. The summed E-state index contributed by atoms with van der Waals surface area (Å²) in [6.45, 7) is 7.53. The Hall–Kier alpha value is -2.15. The molecule has 3 heterocycles. The SMILES string of the molecule is CCn1c(C)cc(C(=O)N[C@H]2CCO[C@H]2c2ncn[nH]2)c1C. The van der Waals surface area contributed by atoms with E-state index in [-0.39, 0.29) is 18.1 Å². The first kappa shape index (κ1) is 14.8. The Labute approximate surface area is 129 Å². The van der Waals surface area contributed by atoms with Crippen molar-refractivity contribution in [3.63, 3.8) is 0 Å². The molecule has 7 nitrogen and oxygen atoms in total. The van der Waals surface area contributed by atoms with Gasteiger partial charge in [-0.3, -0.25) is 9.89 Å². The molecule has 0 saturated carbocycles. The molecule has 0 aromatic carbocycles. The lowest BCUT2D eigenvalue weighted by molar-refractivity contribution is 0.0791. The Balaban J connectivity index is 1.77. The standard InChI is InChI=1S/C15H21N5O2/c1-4-20-9(2)7-11(10(20)3)15(21)18-12-5-6-22-13(12)14-16-8-17-19-14/h7-8,12-13H,4-6H2,1-3H3,(H,18,21)(H,16,17,19)/t12-,13+/m0/s1. The van der Waals surface area contributed by atoms with Gasteiger partial charge in [0.05, 0.1) is 11.6 Å². The monoisotopic (exact) mass is 303 g/mol. The van der Waals surface area contributed by atoms with Gasteiger partial charge in [0, 0.05) is 24.5 Å². The van der Waals surface area contributed by atoms with Gasteiger partial charge in [-0.1, -0.05) is 0 Å². The van der Waals surface area contributed by atoms with Crippen LogP contribution in [0.1, 0.15) is 47.0 Å². The van der Waals surface area contributed by atoms with Crippen LogP contribution < -0.4 is 5.32 Å². The van der Waals surface area contributed by atoms with Gasteiger partial charge >= 0.3 is 0 Å². The van der Waals surface area contributed by atoms with Gasteiger partial charge in [0.25, 0.3) is 5.91 Å². The van der Waals surface area contributed by atoms with E-state index in [4.69, 9.17) is 4.74 Å². The summed E-state index contributed by atoms with van der Waals surface area (Å²) in [7, 11) is 0. The Morgan fingerprint density at radius 3 is 3.00 bits per heavy atom. The molecule has 0 aliphatic carbocycles. The minimum absolute atomic E-state index is 0.0622. The molecular formula is C15H21N5O2. The predicted molar refractivity (Wildman–Crippen MR) is 80.5 cm³/mol. The second-order valence-electron chi connectivity index (χ2n) is 5.56. The quantitative estimate of drug-likeness (QED) is 0.896. The fourth-order valence-corrected chi connectivity index (χ4v) is 3.12. The maximum atomic E-state index is 12.6. The molecular weight excluding hydrogens is 282 g/mol. The van der Waals surface area contributed by atoms with Crippen LogP contribution in [0.25, 0.3) is 0 Å². The average molecular weight is 303 g/mol. The summed E-state index contributed by atoms with van der Waals surface area (Å²) in [6.07, 6.45) is 1.95. The first-order valence-corrected chi connectivity index (χ1v) is 7.56. The van der Waals surface area contributed by atoms with Crippen LogP contribution in [0.5, 0.6) is 0 Å². The summed E-state index contributed by atoms with van der Waals surface area (Å²) in [4.78, 5) is 16.7. The topological polar surface area (TPSA) is 84.8 Å². The van der Waals surface area contributed by atoms with Crippen LogP contribution in [0, 0.1) is 13.8 Å². The van der Waals surface area contributed by atoms with E-state index in [1.54, 1.807) is 0 Å². The smallest absolute Gasteiger partial charge is 0.253 e. The Kier molecular flexibility index (Phi) is 3.98. The molecule has 2 N–H and O–H groups in total. The third-order valence-electron chi connectivity index (χ3n) is 4.25. The number of rotatable bonds is 4. The van der Waals surface area contributed by atoms with E-state index >= 15 is 0 Å². The summed E-state index contributed by atoms with van der Waals surface area (Å²) in [5, 5.41) is 9.73. The molecule has 2 atom stereocenters. The van der Waals surface area contributed by atoms with Crippen LogP contribution in [0.4, 0.5) is 0 Å². The predicted octanol–water partition coefficient (Wildman–Crippen LogP) is 1.50. The van der Waals surface area contributed by atoms with Gasteiger partial charge < -0.3 is 14.6 Å². The Bertz CT molecular complexity index is 662. The molecule has 22 heavy (non-hydrogen) atoms. The number of ether oxygens (including phenoxy) is 1. The Morgan fingerprint density at radius 1 is 1.55 bits per heavy atom. The van der Waals surface area contributed by atoms with Crippen molar-refractivity contribution in [2.24, 2.45) is 0 Å². The van der Waals surface area contributed by atoms with Gasteiger partial charge in [0.2, 0.25) is 0 Å². The summed E-state index contributed by atoms with van der Waals surface area (Å²) in [5.74, 6) is 0.592. The lowest BCUT2D eigenvalue weighted by Gasteiger charge is -2.17. The van der Waals surface area contributed by atoms with Gasteiger partial charge in [-0.2, -0.15) is 5.10 Å². The fourth-order valence-electron chi connectivity index (χ4n) is 3.12. The molecule has 3 rings (SSSR count). The molecule has 2 aromatic rings. The zero-order valence-corrected chi connectivity index (χ0v) is 13.1. The molecule has 1 saturated heterocycles. The van der Waals surface area contributed by atoms with Crippen molar-refractivity contribution in [1.29, 1.82) is 0 Å². The largest absolute Gasteiger partial charge is 0.368 e. The van der Waals surface area contributed by atoms with Gasteiger partial charge in [-0.05, 0) is 33.3 Å². The number of aromatic amines is 1. The number of amides is 1. The molecule has 0 radical (unpaired) electrons. The second-order valence-corrected chi connectivity index (χ2v) is 5.56. The lowest BCUT2D eigenvalue weighted by Crippen LogP contribution is -2.37. The fraction of sp³-hybridized carbons (Fsp3) is 0.533. The van der Waals surface area contributed by atoms with E-state index in [0.29, 0.717) is 12.4 Å². The molecule has 1 aliphatic rings. The average Bonchev–Trinajstić information content (AvgIpc) is 3.19. The number of carbonyl (C=O) groups is 1. The van der Waals surface area contributed by atoms with Crippen LogP contribution >= 0.6 is 0 Å². The van der Waals surface area contributed by atoms with Crippen molar-refractivity contribution in [1.82, 2.24) is 25.1 Å². The summed E-state index contributed by atoms with van der Waals surface area (Å²) < 4.78 is 7.81. The summed E-state index contributed by atoms with van der Waals surface area (Å²) >= 11 is 0. The Morgan fingerprint density at radius 2 is 2.36 bits per heavy atom. The van der Waals surface area contributed by atoms with E-state index in [1.807, 2.05) is 19.9 Å². The van der Waals surface area contributed by atoms with Crippen LogP contribution in [-0.2, 0) is 11.3 Å². The highest BCUT2D eigenvalue weighted by Crippen LogP contribution is 2.27. The van der Waals surface area contributed by atoms with Crippen molar-refractivity contribution >= 4 is 5.91 Å². The first-order chi connectivity index (χ1) is 10.6. The number of carbonyl (C=O) groups excluding carboxylic acids is 1. The zero-order valence-electron chi connectivity index (χ0n) is 13.1. The third-order valence-corrected chi connectivity index (χ3v) is 4.25. The molecule has 2 aromatic heterocycles. The van der Waals surface area contributed by atoms with Crippen LogP contribution in [0.15, 0.2) is 12.4 Å². The molecule has 118 valence electrons. The lowest BCUT2D eigenvalue weighted by atomic mass is 10.1. The highest BCUT2D eigenvalue weighted by Gasteiger charge is 2.33. The second kappa shape index (κ2) is 5.92. The molecule has 1 aliphatic heterocycles. The van der Waals surface area contributed by atoms with Gasteiger partial charge in [0.1, 0.15) is 12.4 Å². The highest BCUT2D eigenvalue weighted by atomic mass is 16.5. The number of nitrogens with zero attached hydrogens (tertiary/aromatic N) is 3. The minimum atomic E-state index is -0.263. The van der Waals surface area contributed by atoms with Crippen molar-refractivity contribution in [3.8, 4) is 0 Å². The zero-order chi connectivity index (χ0) is 15.7. The number of hydrogen-bond acceptors (Lipinski definition) is 4. The van der Waals surface area contributed by atoms with Gasteiger partial charge in [-0.15, -0.1) is 0 Å². The van der Waals surface area contributed by atoms with Crippen LogP contribution in [0.3, 0.4) is 0 Å². The van der Waals surface area contributed by atoms with Crippen molar-refractivity contribution in [2.75, 3.05) is 6.61 Å². The molecule has 0 spiro atoms. The normalized spacial score (nSPS) is 21.2. The number of nitrogens with one attached hydrogen (secondary N) is 2. The first-order valence-electron chi connectivity index (χ1n) is 7.56. The molecule has 0 unspecified atom stereocenters. The van der Waals surface area contributed by atoms with Crippen molar-refractivity contribution in [3.05, 3.63) is 35.2 Å². The highest BCUT2D eigenvalue weighted by molar-refractivity contribution is 5.96. The number of aromatic nitrogens is 4. The number of H-pyrrole nitrogens is 1. The van der Waals surface area contributed by atoms with Crippen LogP contribution in [0.2, 0.25) is 0 Å². The number of hydrogen-bond donors (Lipinski definition) is 2. The number of aryl methyl sites for hydroxylation is 1. The van der Waals surface area contributed by atoms with E-state index in [1.165, 1.54) is 6.33 Å². The molecule has 1 fully saturated rings. The third kappa shape index (κ3) is 2.52. The van der Waals surface area contributed by atoms with E-state index in [2.05, 4.69) is 32.0 Å². The summed E-state index contributed by atoms with van der Waals surface area (Å²) in [5.41, 5.74) is 2.81. The van der Waals surface area contributed by atoms with E-state index < -0.39 is 0 Å². The molecule has 1 amide bonds. The molecule has 0 bridgehead atoms. The van der Waals surface area contributed by atoms with Gasteiger partial charge in [-0.25, -0.2) is 4.98 Å².